The molecule has 1 aromatic carbocycles. The largest absolute Gasteiger partial charge is 0.275 e. The van der Waals surface area contributed by atoms with Gasteiger partial charge in [0.25, 0.3) is 5.91 Å². The Morgan fingerprint density at radius 3 is 2.63 bits per heavy atom. The molecule has 0 N–H and O–H groups in total. The number of amides is 1. The van der Waals surface area contributed by atoms with Crippen molar-refractivity contribution in [2.24, 2.45) is 12.1 Å². The first-order chi connectivity index (χ1) is 9.13. The second kappa shape index (κ2) is 4.31. The number of hydrogen-bond donors (Lipinski definition) is 0. The van der Waals surface area contributed by atoms with Crippen LogP contribution in [0.3, 0.4) is 0 Å². The van der Waals surface area contributed by atoms with E-state index in [9.17, 15) is 9.18 Å². The van der Waals surface area contributed by atoms with E-state index in [1.807, 2.05) is 0 Å². The molecular weight excluding hydrogens is 247 g/mol. The molecule has 0 spiro atoms. The van der Waals surface area contributed by atoms with E-state index in [4.69, 9.17) is 0 Å². The van der Waals surface area contributed by atoms with Crippen molar-refractivity contribution in [3.8, 4) is 0 Å². The Morgan fingerprint density at radius 1 is 1.26 bits per heavy atom. The highest BCUT2D eigenvalue weighted by Crippen LogP contribution is 2.22. The first-order valence-corrected chi connectivity index (χ1v) is 5.78. The molecule has 1 aromatic heterocycles. The molecule has 0 bridgehead atoms. The standard InChI is InChI=1S/C13H11FN4O/c1-17-8-9(7-15-17)12-6-13(19)18(16-12)11-4-2-10(14)3-5-11/h2-5,7-8H,6H2,1H3. The van der Waals surface area contributed by atoms with Gasteiger partial charge in [0.05, 0.1) is 24.0 Å². The van der Waals surface area contributed by atoms with Crippen molar-refractivity contribution in [3.63, 3.8) is 0 Å². The molecular formula is C13H11FN4O. The molecule has 1 aliphatic rings. The molecule has 1 aliphatic heterocycles. The third kappa shape index (κ3) is 2.12. The average Bonchev–Trinajstić information content (AvgIpc) is 2.97. The van der Waals surface area contributed by atoms with Crippen LogP contribution in [0.15, 0.2) is 41.8 Å². The molecule has 19 heavy (non-hydrogen) atoms. The van der Waals surface area contributed by atoms with Crippen LogP contribution in [0.2, 0.25) is 0 Å². The summed E-state index contributed by atoms with van der Waals surface area (Å²) in [5.41, 5.74) is 2.05. The molecule has 0 unspecified atom stereocenters. The van der Waals surface area contributed by atoms with Gasteiger partial charge in [0.1, 0.15) is 5.82 Å². The van der Waals surface area contributed by atoms with Crippen LogP contribution in [0, 0.1) is 5.82 Å². The van der Waals surface area contributed by atoms with E-state index in [0.717, 1.165) is 5.56 Å². The molecule has 0 atom stereocenters. The first-order valence-electron chi connectivity index (χ1n) is 5.78. The number of anilines is 1. The highest BCUT2D eigenvalue weighted by Gasteiger charge is 2.26. The maximum Gasteiger partial charge on any atom is 0.253 e. The molecule has 96 valence electrons. The zero-order valence-corrected chi connectivity index (χ0v) is 10.2. The molecule has 0 saturated carbocycles. The molecule has 3 rings (SSSR count). The lowest BCUT2D eigenvalue weighted by Crippen LogP contribution is -2.19. The van der Waals surface area contributed by atoms with Crippen LogP contribution in [-0.4, -0.2) is 21.4 Å². The fraction of sp³-hybridized carbons (Fsp3) is 0.154. The minimum atomic E-state index is -0.341. The van der Waals surface area contributed by atoms with Gasteiger partial charge in [-0.25, -0.2) is 9.40 Å². The number of aryl methyl sites for hydroxylation is 1. The summed E-state index contributed by atoms with van der Waals surface area (Å²) in [6.45, 7) is 0. The minimum Gasteiger partial charge on any atom is -0.275 e. The molecule has 1 amide bonds. The van der Waals surface area contributed by atoms with Gasteiger partial charge in [-0.15, -0.1) is 0 Å². The third-order valence-electron chi connectivity index (χ3n) is 2.88. The van der Waals surface area contributed by atoms with Crippen molar-refractivity contribution in [2.45, 2.75) is 6.42 Å². The summed E-state index contributed by atoms with van der Waals surface area (Å²) in [6, 6.07) is 5.67. The van der Waals surface area contributed by atoms with Crippen molar-refractivity contribution in [1.82, 2.24) is 9.78 Å². The first kappa shape index (κ1) is 11.6. The molecule has 0 fully saturated rings. The Kier molecular flexibility index (Phi) is 2.63. The van der Waals surface area contributed by atoms with E-state index in [-0.39, 0.29) is 18.1 Å². The Labute approximate surface area is 109 Å². The van der Waals surface area contributed by atoms with E-state index in [2.05, 4.69) is 10.2 Å². The predicted octanol–water partition coefficient (Wildman–Crippen LogP) is 1.70. The normalized spacial score (nSPS) is 14.9. The molecule has 2 aromatic rings. The van der Waals surface area contributed by atoms with Gasteiger partial charge in [0.15, 0.2) is 0 Å². The number of aromatic nitrogens is 2. The van der Waals surface area contributed by atoms with E-state index in [0.29, 0.717) is 11.4 Å². The smallest absolute Gasteiger partial charge is 0.253 e. The Hall–Kier alpha value is -2.50. The molecule has 0 radical (unpaired) electrons. The van der Waals surface area contributed by atoms with Gasteiger partial charge >= 0.3 is 0 Å². The summed E-state index contributed by atoms with van der Waals surface area (Å²) in [5.74, 6) is -0.475. The summed E-state index contributed by atoms with van der Waals surface area (Å²) in [6.07, 6.45) is 3.70. The number of rotatable bonds is 2. The van der Waals surface area contributed by atoms with E-state index >= 15 is 0 Å². The Balaban J connectivity index is 1.93. The Morgan fingerprint density at radius 2 is 2.00 bits per heavy atom. The van der Waals surface area contributed by atoms with Gasteiger partial charge in [-0.1, -0.05) is 0 Å². The van der Waals surface area contributed by atoms with Crippen LogP contribution in [0.5, 0.6) is 0 Å². The molecule has 5 nitrogen and oxygen atoms in total. The van der Waals surface area contributed by atoms with E-state index in [1.165, 1.54) is 29.3 Å². The highest BCUT2D eigenvalue weighted by atomic mass is 19.1. The molecule has 2 heterocycles. The van der Waals surface area contributed by atoms with Crippen LogP contribution in [0.4, 0.5) is 10.1 Å². The summed E-state index contributed by atoms with van der Waals surface area (Å²) >= 11 is 0. The van der Waals surface area contributed by atoms with E-state index < -0.39 is 0 Å². The topological polar surface area (TPSA) is 50.5 Å². The fourth-order valence-corrected chi connectivity index (χ4v) is 1.94. The highest BCUT2D eigenvalue weighted by molar-refractivity contribution is 6.19. The number of carbonyl (C=O) groups is 1. The fourth-order valence-electron chi connectivity index (χ4n) is 1.94. The van der Waals surface area contributed by atoms with Gasteiger partial charge in [-0.3, -0.25) is 9.48 Å². The van der Waals surface area contributed by atoms with Crippen molar-refractivity contribution in [3.05, 3.63) is 48.0 Å². The van der Waals surface area contributed by atoms with Crippen molar-refractivity contribution < 1.29 is 9.18 Å². The number of halogens is 1. The van der Waals surface area contributed by atoms with Gasteiger partial charge in [0, 0.05) is 18.8 Å². The second-order valence-corrected chi connectivity index (χ2v) is 4.31. The monoisotopic (exact) mass is 258 g/mol. The predicted molar refractivity (Wildman–Crippen MR) is 68.2 cm³/mol. The number of hydrogen-bond acceptors (Lipinski definition) is 3. The maximum atomic E-state index is 12.9. The van der Waals surface area contributed by atoms with Crippen molar-refractivity contribution in [1.29, 1.82) is 0 Å². The number of carbonyl (C=O) groups excluding carboxylic acids is 1. The Bertz CT molecular complexity index is 660. The van der Waals surface area contributed by atoms with Crippen LogP contribution >= 0.6 is 0 Å². The van der Waals surface area contributed by atoms with E-state index in [1.54, 1.807) is 24.1 Å². The number of hydrazone groups is 1. The summed E-state index contributed by atoms with van der Waals surface area (Å²) in [5, 5.41) is 9.62. The lowest BCUT2D eigenvalue weighted by molar-refractivity contribution is -0.116. The zero-order chi connectivity index (χ0) is 13.4. The zero-order valence-electron chi connectivity index (χ0n) is 10.2. The average molecular weight is 258 g/mol. The third-order valence-corrected chi connectivity index (χ3v) is 2.88. The van der Waals surface area contributed by atoms with Crippen LogP contribution in [-0.2, 0) is 11.8 Å². The van der Waals surface area contributed by atoms with Crippen LogP contribution < -0.4 is 5.01 Å². The molecule has 0 aliphatic carbocycles. The van der Waals surface area contributed by atoms with Crippen LogP contribution in [0.1, 0.15) is 12.0 Å². The number of benzene rings is 1. The van der Waals surface area contributed by atoms with Gasteiger partial charge in [-0.05, 0) is 24.3 Å². The SMILES string of the molecule is Cn1cc(C2=NN(c3ccc(F)cc3)C(=O)C2)cn1. The summed E-state index contributed by atoms with van der Waals surface area (Å²) in [7, 11) is 1.80. The van der Waals surface area contributed by atoms with Gasteiger partial charge in [-0.2, -0.15) is 10.2 Å². The minimum absolute atomic E-state index is 0.134. The molecule has 0 saturated heterocycles. The number of nitrogens with zero attached hydrogens (tertiary/aromatic N) is 4. The summed E-state index contributed by atoms with van der Waals surface area (Å²) in [4.78, 5) is 11.9. The van der Waals surface area contributed by atoms with Gasteiger partial charge in [0.2, 0.25) is 0 Å². The van der Waals surface area contributed by atoms with Crippen molar-refractivity contribution >= 4 is 17.3 Å². The van der Waals surface area contributed by atoms with Gasteiger partial charge < -0.3 is 0 Å². The second-order valence-electron chi connectivity index (χ2n) is 4.31. The quantitative estimate of drug-likeness (QED) is 0.823. The molecule has 6 heteroatoms. The van der Waals surface area contributed by atoms with Crippen LogP contribution in [0.25, 0.3) is 0 Å². The lowest BCUT2D eigenvalue weighted by atomic mass is 10.1. The van der Waals surface area contributed by atoms with Crippen molar-refractivity contribution in [2.75, 3.05) is 5.01 Å². The lowest BCUT2D eigenvalue weighted by Gasteiger charge is -2.10. The maximum absolute atomic E-state index is 12.9. The summed E-state index contributed by atoms with van der Waals surface area (Å²) < 4.78 is 14.5.